The summed E-state index contributed by atoms with van der Waals surface area (Å²) in [5.74, 6) is -2.08. The van der Waals surface area contributed by atoms with Gasteiger partial charge in [0, 0.05) is 17.0 Å². The third kappa shape index (κ3) is 2.28. The smallest absolute Gasteiger partial charge is 0.250 e. The van der Waals surface area contributed by atoms with Crippen LogP contribution >= 0.6 is 11.3 Å². The second-order valence-corrected chi connectivity index (χ2v) is 3.78. The van der Waals surface area contributed by atoms with E-state index in [1.165, 1.54) is 0 Å². The highest BCUT2D eigenvalue weighted by Gasteiger charge is 2.35. The molecule has 0 aromatic carbocycles. The topological polar surface area (TPSA) is 12.9 Å². The lowest BCUT2D eigenvalue weighted by molar-refractivity contribution is -0.137. The lowest BCUT2D eigenvalue weighted by Gasteiger charge is -2.07. The van der Waals surface area contributed by atoms with E-state index in [-0.39, 0.29) is 0 Å². The summed E-state index contributed by atoms with van der Waals surface area (Å²) in [6.45, 7) is 0. The Bertz CT molecular complexity index is 546. The van der Waals surface area contributed by atoms with Crippen molar-refractivity contribution in [3.8, 4) is 11.3 Å². The molecule has 2 aromatic rings. The normalized spacial score (nSPS) is 11.8. The highest BCUT2D eigenvalue weighted by atomic mass is 32.1. The van der Waals surface area contributed by atoms with Gasteiger partial charge in [-0.2, -0.15) is 13.2 Å². The molecule has 0 saturated heterocycles. The molecular formula is C10H3F5NS. The molecule has 7 heteroatoms. The first-order valence-corrected chi connectivity index (χ1v) is 5.15. The van der Waals surface area contributed by atoms with Gasteiger partial charge in [-0.25, -0.2) is 8.78 Å². The van der Waals surface area contributed by atoms with Gasteiger partial charge in [-0.1, -0.05) is 0 Å². The third-order valence-electron chi connectivity index (χ3n) is 1.95. The van der Waals surface area contributed by atoms with Gasteiger partial charge in [0.2, 0.25) is 0 Å². The standard InChI is InChI=1S/C10H3F5NS/c11-5-1-8(12)9(16-2-5)6-3-17-4-7(6)10(13,14)15/h1-3H. The summed E-state index contributed by atoms with van der Waals surface area (Å²) in [6.07, 6.45) is -3.98. The summed E-state index contributed by atoms with van der Waals surface area (Å²) in [6, 6.07) is 0.486. The zero-order valence-electron chi connectivity index (χ0n) is 7.98. The Balaban J connectivity index is 2.58. The number of aromatic nitrogens is 1. The van der Waals surface area contributed by atoms with Crippen molar-refractivity contribution in [1.82, 2.24) is 4.98 Å². The van der Waals surface area contributed by atoms with Crippen LogP contribution in [0.1, 0.15) is 5.56 Å². The lowest BCUT2D eigenvalue weighted by atomic mass is 10.1. The summed E-state index contributed by atoms with van der Waals surface area (Å²) in [4.78, 5) is 3.33. The molecule has 0 fully saturated rings. The molecule has 0 amide bonds. The van der Waals surface area contributed by atoms with Crippen molar-refractivity contribution in [3.05, 3.63) is 40.2 Å². The van der Waals surface area contributed by atoms with Crippen LogP contribution in [-0.2, 0) is 6.18 Å². The van der Waals surface area contributed by atoms with Crippen LogP contribution in [-0.4, -0.2) is 4.98 Å². The fourth-order valence-electron chi connectivity index (χ4n) is 1.26. The van der Waals surface area contributed by atoms with Crippen molar-refractivity contribution < 1.29 is 22.0 Å². The quantitative estimate of drug-likeness (QED) is 0.712. The van der Waals surface area contributed by atoms with E-state index in [0.29, 0.717) is 23.6 Å². The van der Waals surface area contributed by atoms with Gasteiger partial charge in [0.1, 0.15) is 11.5 Å². The summed E-state index contributed by atoms with van der Waals surface area (Å²) in [5, 5.41) is 3.08. The van der Waals surface area contributed by atoms with Crippen LogP contribution in [0.4, 0.5) is 22.0 Å². The van der Waals surface area contributed by atoms with Crippen LogP contribution in [0.25, 0.3) is 11.3 Å². The predicted octanol–water partition coefficient (Wildman–Crippen LogP) is 3.91. The summed E-state index contributed by atoms with van der Waals surface area (Å²) < 4.78 is 63.5. The van der Waals surface area contributed by atoms with Gasteiger partial charge >= 0.3 is 6.18 Å². The Morgan fingerprint density at radius 2 is 1.94 bits per heavy atom. The maximum absolute atomic E-state index is 13.3. The molecular weight excluding hydrogens is 261 g/mol. The van der Waals surface area contributed by atoms with Gasteiger partial charge < -0.3 is 0 Å². The molecule has 2 aromatic heterocycles. The van der Waals surface area contributed by atoms with Gasteiger partial charge in [0.15, 0.2) is 5.82 Å². The highest BCUT2D eigenvalue weighted by Crippen LogP contribution is 2.38. The predicted molar refractivity (Wildman–Crippen MR) is 51.3 cm³/mol. The molecule has 2 rings (SSSR count). The second kappa shape index (κ2) is 4.06. The highest BCUT2D eigenvalue weighted by molar-refractivity contribution is 7.08. The number of halogens is 5. The van der Waals surface area contributed by atoms with Crippen LogP contribution < -0.4 is 0 Å². The fraction of sp³-hybridized carbons (Fsp3) is 0.100. The molecule has 2 heterocycles. The van der Waals surface area contributed by atoms with E-state index < -0.39 is 34.6 Å². The average molecular weight is 264 g/mol. The number of thiophene rings is 1. The minimum absolute atomic E-state index is 0.431. The third-order valence-corrected chi connectivity index (χ3v) is 2.63. The summed E-state index contributed by atoms with van der Waals surface area (Å²) in [5.41, 5.74) is -2.06. The molecule has 1 nitrogen and oxygen atoms in total. The zero-order chi connectivity index (χ0) is 12.6. The Morgan fingerprint density at radius 3 is 2.53 bits per heavy atom. The molecule has 0 aliphatic carbocycles. The van der Waals surface area contributed by atoms with E-state index in [4.69, 9.17) is 0 Å². The van der Waals surface area contributed by atoms with Crippen molar-refractivity contribution in [2.75, 3.05) is 0 Å². The molecule has 0 saturated carbocycles. The van der Waals surface area contributed by atoms with Gasteiger partial charge in [0.25, 0.3) is 0 Å². The first kappa shape index (κ1) is 12.0. The number of nitrogens with zero attached hydrogens (tertiary/aromatic N) is 1. The SMILES string of the molecule is Fc1cnc(-c2cs[c]c2C(F)(F)F)c(F)c1. The molecule has 0 aliphatic rings. The number of pyridine rings is 1. The monoisotopic (exact) mass is 264 g/mol. The van der Waals surface area contributed by atoms with Crippen molar-refractivity contribution in [3.63, 3.8) is 0 Å². The molecule has 0 bridgehead atoms. The van der Waals surface area contributed by atoms with Crippen LogP contribution in [0.15, 0.2) is 17.6 Å². The average Bonchev–Trinajstić information content (AvgIpc) is 2.65. The summed E-state index contributed by atoms with van der Waals surface area (Å²) in [7, 11) is 0. The minimum atomic E-state index is -4.64. The number of hydrogen-bond donors (Lipinski definition) is 0. The van der Waals surface area contributed by atoms with Crippen LogP contribution in [0.3, 0.4) is 0 Å². The van der Waals surface area contributed by atoms with E-state index in [0.717, 1.165) is 5.38 Å². The molecule has 1 radical (unpaired) electrons. The van der Waals surface area contributed by atoms with Gasteiger partial charge in [-0.15, -0.1) is 11.3 Å². The van der Waals surface area contributed by atoms with Crippen molar-refractivity contribution in [1.29, 1.82) is 0 Å². The molecule has 0 unspecified atom stereocenters. The molecule has 0 aliphatic heterocycles. The van der Waals surface area contributed by atoms with Gasteiger partial charge in [0.05, 0.1) is 17.1 Å². The molecule has 17 heavy (non-hydrogen) atoms. The minimum Gasteiger partial charge on any atom is -0.250 e. The molecule has 0 N–H and O–H groups in total. The maximum atomic E-state index is 13.3. The Labute approximate surface area is 96.5 Å². The van der Waals surface area contributed by atoms with E-state index in [9.17, 15) is 22.0 Å². The zero-order valence-corrected chi connectivity index (χ0v) is 8.79. The Hall–Kier alpha value is -1.50. The number of hydrogen-bond acceptors (Lipinski definition) is 2. The van der Waals surface area contributed by atoms with Crippen molar-refractivity contribution >= 4 is 11.3 Å². The van der Waals surface area contributed by atoms with E-state index in [1.807, 2.05) is 5.38 Å². The molecule has 89 valence electrons. The first-order valence-electron chi connectivity index (χ1n) is 4.27. The Morgan fingerprint density at radius 1 is 1.24 bits per heavy atom. The lowest BCUT2D eigenvalue weighted by Crippen LogP contribution is -2.06. The molecule has 0 atom stereocenters. The number of rotatable bonds is 1. The first-order chi connectivity index (χ1) is 7.89. The van der Waals surface area contributed by atoms with Crippen LogP contribution in [0, 0.1) is 17.0 Å². The van der Waals surface area contributed by atoms with E-state index in [2.05, 4.69) is 4.98 Å². The van der Waals surface area contributed by atoms with Gasteiger partial charge in [-0.05, 0) is 0 Å². The van der Waals surface area contributed by atoms with Crippen molar-refractivity contribution in [2.24, 2.45) is 0 Å². The summed E-state index contributed by atoms with van der Waals surface area (Å²) >= 11 is 0.655. The van der Waals surface area contributed by atoms with Crippen molar-refractivity contribution in [2.45, 2.75) is 6.18 Å². The largest absolute Gasteiger partial charge is 0.418 e. The number of alkyl halides is 3. The Kier molecular flexibility index (Phi) is 2.86. The maximum Gasteiger partial charge on any atom is 0.418 e. The van der Waals surface area contributed by atoms with E-state index in [1.54, 1.807) is 0 Å². The van der Waals surface area contributed by atoms with E-state index >= 15 is 0 Å². The van der Waals surface area contributed by atoms with Gasteiger partial charge in [-0.3, -0.25) is 4.98 Å². The molecule has 0 spiro atoms. The van der Waals surface area contributed by atoms with Crippen LogP contribution in [0.5, 0.6) is 0 Å². The second-order valence-electron chi connectivity index (χ2n) is 3.11. The van der Waals surface area contributed by atoms with Crippen LogP contribution in [0.2, 0.25) is 0 Å². The fourth-order valence-corrected chi connectivity index (χ4v) is 2.01.